The van der Waals surface area contributed by atoms with Crippen LogP contribution in [0.1, 0.15) is 21.8 Å². The van der Waals surface area contributed by atoms with Crippen molar-refractivity contribution in [2.45, 2.75) is 31.6 Å². The molecule has 5 heteroatoms. The summed E-state index contributed by atoms with van der Waals surface area (Å²) >= 11 is 7.07. The fourth-order valence-electron chi connectivity index (χ4n) is 2.20. The van der Waals surface area contributed by atoms with Gasteiger partial charge in [0.05, 0.1) is 0 Å². The summed E-state index contributed by atoms with van der Waals surface area (Å²) in [7, 11) is 0. The monoisotopic (exact) mass is 378 g/mol. The maximum Gasteiger partial charge on any atom is 0.128 e. The van der Waals surface area contributed by atoms with Crippen molar-refractivity contribution in [1.82, 2.24) is 9.97 Å². The number of nitrogens with zero attached hydrogens (tertiary/aromatic N) is 2. The van der Waals surface area contributed by atoms with Crippen LogP contribution in [-0.2, 0) is 5.75 Å². The lowest BCUT2D eigenvalue weighted by molar-refractivity contribution is 1.01. The SMILES string of the molecule is Cc1nc(SCc2cccc(Br)c2)c2c(C)c(C)sc2n1. The van der Waals surface area contributed by atoms with Crippen LogP contribution in [0.3, 0.4) is 0 Å². The Bertz CT molecular complexity index is 811. The van der Waals surface area contributed by atoms with Gasteiger partial charge in [-0.15, -0.1) is 23.1 Å². The number of rotatable bonds is 3. The smallest absolute Gasteiger partial charge is 0.128 e. The molecule has 21 heavy (non-hydrogen) atoms. The first-order chi connectivity index (χ1) is 10.0. The largest absolute Gasteiger partial charge is 0.226 e. The Labute approximate surface area is 141 Å². The second kappa shape index (κ2) is 6.07. The van der Waals surface area contributed by atoms with Gasteiger partial charge >= 0.3 is 0 Å². The molecule has 0 bridgehead atoms. The third-order valence-electron chi connectivity index (χ3n) is 3.37. The fourth-order valence-corrected chi connectivity index (χ4v) is 4.86. The predicted octanol–water partition coefficient (Wildman–Crippen LogP) is 5.67. The van der Waals surface area contributed by atoms with Gasteiger partial charge < -0.3 is 0 Å². The average Bonchev–Trinajstić information content (AvgIpc) is 2.71. The third kappa shape index (κ3) is 3.15. The third-order valence-corrected chi connectivity index (χ3v) is 6.01. The molecule has 0 spiro atoms. The van der Waals surface area contributed by atoms with Crippen LogP contribution in [0.25, 0.3) is 10.2 Å². The van der Waals surface area contributed by atoms with Crippen molar-refractivity contribution in [3.8, 4) is 0 Å². The summed E-state index contributed by atoms with van der Waals surface area (Å²) in [6.45, 7) is 6.28. The molecule has 0 unspecified atom stereocenters. The van der Waals surface area contributed by atoms with E-state index >= 15 is 0 Å². The van der Waals surface area contributed by atoms with Crippen molar-refractivity contribution in [3.63, 3.8) is 0 Å². The highest BCUT2D eigenvalue weighted by Crippen LogP contribution is 2.36. The Kier molecular flexibility index (Phi) is 4.33. The van der Waals surface area contributed by atoms with Gasteiger partial charge in [-0.05, 0) is 44.0 Å². The van der Waals surface area contributed by atoms with E-state index in [1.807, 2.05) is 13.0 Å². The molecule has 0 fully saturated rings. The maximum absolute atomic E-state index is 4.66. The molecule has 0 saturated heterocycles. The Balaban J connectivity index is 1.96. The molecule has 3 aromatic rings. The summed E-state index contributed by atoms with van der Waals surface area (Å²) in [6.07, 6.45) is 0. The highest BCUT2D eigenvalue weighted by atomic mass is 79.9. The molecule has 2 nitrogen and oxygen atoms in total. The van der Waals surface area contributed by atoms with E-state index in [4.69, 9.17) is 0 Å². The van der Waals surface area contributed by atoms with Crippen molar-refractivity contribution < 1.29 is 0 Å². The quantitative estimate of drug-likeness (QED) is 0.433. The molecule has 0 aliphatic rings. The van der Waals surface area contributed by atoms with E-state index in [1.165, 1.54) is 21.4 Å². The number of halogens is 1. The zero-order valence-corrected chi connectivity index (χ0v) is 15.3. The van der Waals surface area contributed by atoms with Crippen LogP contribution in [0, 0.1) is 20.8 Å². The number of fused-ring (bicyclic) bond motifs is 1. The molecule has 3 rings (SSSR count). The van der Waals surface area contributed by atoms with E-state index in [-0.39, 0.29) is 0 Å². The summed E-state index contributed by atoms with van der Waals surface area (Å²) in [5.41, 5.74) is 2.61. The summed E-state index contributed by atoms with van der Waals surface area (Å²) in [5, 5.41) is 2.32. The van der Waals surface area contributed by atoms with Crippen LogP contribution in [0.15, 0.2) is 33.8 Å². The first kappa shape index (κ1) is 15.0. The van der Waals surface area contributed by atoms with Gasteiger partial charge in [0, 0.05) is 20.5 Å². The standard InChI is InChI=1S/C16H15BrN2S2/c1-9-10(2)21-16-14(9)15(18-11(3)19-16)20-8-12-5-4-6-13(17)7-12/h4-7H,8H2,1-3H3. The van der Waals surface area contributed by atoms with Crippen molar-refractivity contribution in [2.75, 3.05) is 0 Å². The number of thioether (sulfide) groups is 1. The van der Waals surface area contributed by atoms with E-state index < -0.39 is 0 Å². The van der Waals surface area contributed by atoms with Gasteiger partial charge in [-0.3, -0.25) is 0 Å². The van der Waals surface area contributed by atoms with Gasteiger partial charge in [0.1, 0.15) is 15.7 Å². The van der Waals surface area contributed by atoms with Crippen LogP contribution >= 0.6 is 39.0 Å². The van der Waals surface area contributed by atoms with E-state index in [9.17, 15) is 0 Å². The highest BCUT2D eigenvalue weighted by molar-refractivity contribution is 9.10. The molecular weight excluding hydrogens is 364 g/mol. The van der Waals surface area contributed by atoms with Gasteiger partial charge in [0.15, 0.2) is 0 Å². The second-order valence-electron chi connectivity index (χ2n) is 4.96. The van der Waals surface area contributed by atoms with E-state index in [2.05, 4.69) is 57.9 Å². The number of hydrogen-bond donors (Lipinski definition) is 0. The van der Waals surface area contributed by atoms with Crippen LogP contribution < -0.4 is 0 Å². The van der Waals surface area contributed by atoms with Gasteiger partial charge in [-0.2, -0.15) is 0 Å². The van der Waals surface area contributed by atoms with Crippen molar-refractivity contribution in [3.05, 3.63) is 50.6 Å². The normalized spacial score (nSPS) is 11.2. The summed E-state index contributed by atoms with van der Waals surface area (Å²) in [6, 6.07) is 8.42. The van der Waals surface area contributed by atoms with Crippen molar-refractivity contribution >= 4 is 49.2 Å². The number of aromatic nitrogens is 2. The van der Waals surface area contributed by atoms with E-state index in [0.29, 0.717) is 0 Å². The molecule has 2 heterocycles. The Hall–Kier alpha value is -0.910. The van der Waals surface area contributed by atoms with Crippen LogP contribution in [-0.4, -0.2) is 9.97 Å². The number of hydrogen-bond acceptors (Lipinski definition) is 4. The van der Waals surface area contributed by atoms with E-state index in [0.717, 1.165) is 25.9 Å². The molecule has 0 N–H and O–H groups in total. The van der Waals surface area contributed by atoms with Crippen LogP contribution in [0.2, 0.25) is 0 Å². The number of aryl methyl sites for hydroxylation is 3. The molecular formula is C16H15BrN2S2. The topological polar surface area (TPSA) is 25.8 Å². The second-order valence-corrected chi connectivity index (χ2v) is 8.04. The summed E-state index contributed by atoms with van der Waals surface area (Å²) in [4.78, 5) is 11.7. The van der Waals surface area contributed by atoms with Crippen molar-refractivity contribution in [1.29, 1.82) is 0 Å². The number of benzene rings is 1. The minimum Gasteiger partial charge on any atom is -0.226 e. The molecule has 2 aromatic heterocycles. The lowest BCUT2D eigenvalue weighted by Gasteiger charge is -2.05. The van der Waals surface area contributed by atoms with Gasteiger partial charge in [0.25, 0.3) is 0 Å². The van der Waals surface area contributed by atoms with Crippen LogP contribution in [0.4, 0.5) is 0 Å². The molecule has 0 atom stereocenters. The molecule has 0 amide bonds. The predicted molar refractivity (Wildman–Crippen MR) is 95.3 cm³/mol. The van der Waals surface area contributed by atoms with Crippen molar-refractivity contribution in [2.24, 2.45) is 0 Å². The Morgan fingerprint density at radius 1 is 1.19 bits per heavy atom. The highest BCUT2D eigenvalue weighted by Gasteiger charge is 2.13. The fraction of sp³-hybridized carbons (Fsp3) is 0.250. The zero-order valence-electron chi connectivity index (χ0n) is 12.1. The molecule has 108 valence electrons. The lowest BCUT2D eigenvalue weighted by Crippen LogP contribution is -1.92. The van der Waals surface area contributed by atoms with Gasteiger partial charge in [0.2, 0.25) is 0 Å². The lowest BCUT2D eigenvalue weighted by atomic mass is 10.2. The maximum atomic E-state index is 4.66. The zero-order chi connectivity index (χ0) is 15.0. The minimum absolute atomic E-state index is 0.848. The average molecular weight is 379 g/mol. The molecule has 0 saturated carbocycles. The Morgan fingerprint density at radius 3 is 2.76 bits per heavy atom. The van der Waals surface area contributed by atoms with Crippen LogP contribution in [0.5, 0.6) is 0 Å². The Morgan fingerprint density at radius 2 is 2.00 bits per heavy atom. The van der Waals surface area contributed by atoms with E-state index in [1.54, 1.807) is 23.1 Å². The minimum atomic E-state index is 0.848. The summed E-state index contributed by atoms with van der Waals surface area (Å²) < 4.78 is 1.12. The number of thiophene rings is 1. The molecule has 1 aromatic carbocycles. The first-order valence-electron chi connectivity index (χ1n) is 6.66. The molecule has 0 aliphatic heterocycles. The molecule has 0 aliphatic carbocycles. The first-order valence-corrected chi connectivity index (χ1v) is 9.25. The molecule has 0 radical (unpaired) electrons. The van der Waals surface area contributed by atoms with Gasteiger partial charge in [-0.25, -0.2) is 9.97 Å². The summed E-state index contributed by atoms with van der Waals surface area (Å²) in [5.74, 6) is 1.76. The van der Waals surface area contributed by atoms with Gasteiger partial charge in [-0.1, -0.05) is 28.1 Å².